The Morgan fingerprint density at radius 1 is 1.36 bits per heavy atom. The Kier molecular flexibility index (Phi) is 5.75. The van der Waals surface area contributed by atoms with Crippen LogP contribution in [0.4, 0.5) is 0 Å². The summed E-state index contributed by atoms with van der Waals surface area (Å²) in [6.07, 6.45) is 0. The first kappa shape index (κ1) is 17.3. The molecule has 0 aliphatic carbocycles. The highest BCUT2D eigenvalue weighted by molar-refractivity contribution is 5.79. The Hall–Kier alpha value is -2.75. The van der Waals surface area contributed by atoms with Gasteiger partial charge < -0.3 is 19.9 Å². The third-order valence-electron chi connectivity index (χ3n) is 2.96. The average molecular weight is 306 g/mol. The number of benzene rings is 1. The molecule has 0 heterocycles. The highest BCUT2D eigenvalue weighted by Gasteiger charge is 2.27. The van der Waals surface area contributed by atoms with Gasteiger partial charge in [0.15, 0.2) is 18.1 Å². The lowest BCUT2D eigenvalue weighted by Gasteiger charge is -2.19. The fourth-order valence-electron chi connectivity index (χ4n) is 1.45. The van der Waals surface area contributed by atoms with E-state index in [1.54, 1.807) is 6.07 Å². The minimum Gasteiger partial charge on any atom is -0.493 e. The van der Waals surface area contributed by atoms with Gasteiger partial charge in [-0.2, -0.15) is 5.26 Å². The van der Waals surface area contributed by atoms with Crippen LogP contribution in [0, 0.1) is 16.7 Å². The van der Waals surface area contributed by atoms with Crippen molar-refractivity contribution in [1.29, 1.82) is 5.26 Å². The van der Waals surface area contributed by atoms with Gasteiger partial charge in [0, 0.05) is 12.6 Å². The summed E-state index contributed by atoms with van der Waals surface area (Å²) in [5.74, 6) is -0.768. The number of methoxy groups -OCH3 is 1. The summed E-state index contributed by atoms with van der Waals surface area (Å²) in [5, 5.41) is 20.3. The Morgan fingerprint density at radius 2 is 2.05 bits per heavy atom. The number of nitriles is 1. The largest absolute Gasteiger partial charge is 0.493 e. The molecular weight excluding hydrogens is 288 g/mol. The first-order valence-corrected chi connectivity index (χ1v) is 6.51. The molecule has 1 amide bonds. The Morgan fingerprint density at radius 3 is 2.59 bits per heavy atom. The highest BCUT2D eigenvalue weighted by Crippen LogP contribution is 2.27. The second-order valence-electron chi connectivity index (χ2n) is 5.23. The van der Waals surface area contributed by atoms with E-state index in [4.69, 9.17) is 19.8 Å². The molecule has 0 saturated carbocycles. The van der Waals surface area contributed by atoms with Crippen LogP contribution in [0.1, 0.15) is 19.4 Å². The quantitative estimate of drug-likeness (QED) is 0.782. The molecule has 0 spiro atoms. The van der Waals surface area contributed by atoms with Crippen molar-refractivity contribution < 1.29 is 24.2 Å². The Bertz CT molecular complexity index is 604. The number of ether oxygens (including phenoxy) is 2. The zero-order valence-corrected chi connectivity index (χ0v) is 12.7. The molecule has 1 aromatic carbocycles. The van der Waals surface area contributed by atoms with Gasteiger partial charge in [0.25, 0.3) is 5.91 Å². The van der Waals surface area contributed by atoms with E-state index in [-0.39, 0.29) is 13.2 Å². The minimum atomic E-state index is -1.05. The van der Waals surface area contributed by atoms with E-state index >= 15 is 0 Å². The SMILES string of the molecule is COc1cc(C#N)ccc1OCC(=O)NCC(C)(C)C(=O)O. The molecule has 0 saturated heterocycles. The standard InChI is InChI=1S/C15H18N2O5/c1-15(2,14(19)20)9-17-13(18)8-22-11-5-4-10(7-16)6-12(11)21-3/h4-6H,8-9H2,1-3H3,(H,17,18)(H,19,20). The summed E-state index contributed by atoms with van der Waals surface area (Å²) in [6, 6.07) is 6.55. The lowest BCUT2D eigenvalue weighted by Crippen LogP contribution is -2.40. The van der Waals surface area contributed by atoms with Crippen molar-refractivity contribution in [3.05, 3.63) is 23.8 Å². The number of aliphatic carboxylic acids is 1. The molecule has 0 aromatic heterocycles. The summed E-state index contributed by atoms with van der Waals surface area (Å²) >= 11 is 0. The third-order valence-corrected chi connectivity index (χ3v) is 2.96. The number of hydrogen-bond donors (Lipinski definition) is 2. The first-order chi connectivity index (χ1) is 10.3. The van der Waals surface area contributed by atoms with Gasteiger partial charge in [0.05, 0.1) is 24.2 Å². The van der Waals surface area contributed by atoms with Gasteiger partial charge in [-0.1, -0.05) is 0 Å². The Labute approximate surface area is 128 Å². The minimum absolute atomic E-state index is 0.00493. The van der Waals surface area contributed by atoms with Crippen molar-refractivity contribution >= 4 is 11.9 Å². The van der Waals surface area contributed by atoms with Crippen LogP contribution in [-0.4, -0.2) is 37.2 Å². The van der Waals surface area contributed by atoms with Gasteiger partial charge in [-0.05, 0) is 26.0 Å². The molecule has 2 N–H and O–H groups in total. The van der Waals surface area contributed by atoms with E-state index in [0.717, 1.165) is 0 Å². The van der Waals surface area contributed by atoms with Crippen LogP contribution in [0.25, 0.3) is 0 Å². The number of hydrogen-bond acceptors (Lipinski definition) is 5. The zero-order chi connectivity index (χ0) is 16.8. The number of carbonyl (C=O) groups is 2. The first-order valence-electron chi connectivity index (χ1n) is 6.51. The smallest absolute Gasteiger partial charge is 0.310 e. The Balaban J connectivity index is 2.58. The summed E-state index contributed by atoms with van der Waals surface area (Å²) in [6.45, 7) is 2.74. The van der Waals surface area contributed by atoms with Crippen molar-refractivity contribution in [3.8, 4) is 17.6 Å². The normalized spacial score (nSPS) is 10.5. The second-order valence-corrected chi connectivity index (χ2v) is 5.23. The van der Waals surface area contributed by atoms with Gasteiger partial charge >= 0.3 is 5.97 Å². The van der Waals surface area contributed by atoms with Crippen molar-refractivity contribution in [2.24, 2.45) is 5.41 Å². The molecule has 22 heavy (non-hydrogen) atoms. The predicted molar refractivity (Wildman–Crippen MR) is 77.6 cm³/mol. The van der Waals surface area contributed by atoms with Crippen LogP contribution >= 0.6 is 0 Å². The molecule has 0 aliphatic rings. The summed E-state index contributed by atoms with van der Waals surface area (Å²) < 4.78 is 10.4. The van der Waals surface area contributed by atoms with Gasteiger partial charge in [-0.25, -0.2) is 0 Å². The lowest BCUT2D eigenvalue weighted by atomic mass is 9.94. The number of carboxylic acids is 1. The molecule has 0 unspecified atom stereocenters. The van der Waals surface area contributed by atoms with Crippen LogP contribution in [0.15, 0.2) is 18.2 Å². The van der Waals surface area contributed by atoms with Crippen LogP contribution in [0.5, 0.6) is 11.5 Å². The van der Waals surface area contributed by atoms with E-state index in [1.165, 1.54) is 33.1 Å². The van der Waals surface area contributed by atoms with E-state index in [9.17, 15) is 9.59 Å². The average Bonchev–Trinajstić information content (AvgIpc) is 2.50. The topological polar surface area (TPSA) is 109 Å². The van der Waals surface area contributed by atoms with Crippen molar-refractivity contribution in [2.45, 2.75) is 13.8 Å². The number of amides is 1. The maximum absolute atomic E-state index is 11.7. The zero-order valence-electron chi connectivity index (χ0n) is 12.7. The third kappa shape index (κ3) is 4.66. The fourth-order valence-corrected chi connectivity index (χ4v) is 1.45. The number of carbonyl (C=O) groups excluding carboxylic acids is 1. The molecule has 0 aliphatic heterocycles. The summed E-state index contributed by atoms with van der Waals surface area (Å²) in [5.41, 5.74) is -0.640. The molecule has 1 rings (SSSR count). The van der Waals surface area contributed by atoms with E-state index in [0.29, 0.717) is 17.1 Å². The maximum atomic E-state index is 11.7. The van der Waals surface area contributed by atoms with Crippen LogP contribution < -0.4 is 14.8 Å². The highest BCUT2D eigenvalue weighted by atomic mass is 16.5. The van der Waals surface area contributed by atoms with E-state index < -0.39 is 17.3 Å². The monoisotopic (exact) mass is 306 g/mol. The molecule has 0 bridgehead atoms. The van der Waals surface area contributed by atoms with Gasteiger partial charge in [-0.3, -0.25) is 9.59 Å². The second kappa shape index (κ2) is 7.31. The number of nitrogens with one attached hydrogen (secondary N) is 1. The predicted octanol–water partition coefficient (Wildman–Crippen LogP) is 1.17. The van der Waals surface area contributed by atoms with E-state index in [2.05, 4.69) is 5.32 Å². The van der Waals surface area contributed by atoms with Crippen LogP contribution in [0.3, 0.4) is 0 Å². The molecule has 118 valence electrons. The molecule has 0 radical (unpaired) electrons. The molecule has 7 nitrogen and oxygen atoms in total. The molecule has 0 fully saturated rings. The molecule has 1 aromatic rings. The maximum Gasteiger partial charge on any atom is 0.310 e. The van der Waals surface area contributed by atoms with Gasteiger partial charge in [0.1, 0.15) is 0 Å². The number of carboxylic acid groups (broad SMARTS) is 1. The van der Waals surface area contributed by atoms with Crippen molar-refractivity contribution in [1.82, 2.24) is 5.32 Å². The lowest BCUT2D eigenvalue weighted by molar-refractivity contribution is -0.146. The fraction of sp³-hybridized carbons (Fsp3) is 0.400. The number of rotatable bonds is 7. The van der Waals surface area contributed by atoms with Crippen molar-refractivity contribution in [3.63, 3.8) is 0 Å². The summed E-state index contributed by atoms with van der Waals surface area (Å²) in [7, 11) is 1.43. The van der Waals surface area contributed by atoms with Gasteiger partial charge in [0.2, 0.25) is 0 Å². The van der Waals surface area contributed by atoms with Crippen LogP contribution in [0.2, 0.25) is 0 Å². The van der Waals surface area contributed by atoms with Crippen molar-refractivity contribution in [2.75, 3.05) is 20.3 Å². The van der Waals surface area contributed by atoms with Crippen LogP contribution in [-0.2, 0) is 9.59 Å². The molecular formula is C15H18N2O5. The molecule has 0 atom stereocenters. The van der Waals surface area contributed by atoms with Gasteiger partial charge in [-0.15, -0.1) is 0 Å². The molecule has 7 heteroatoms. The number of nitrogens with zero attached hydrogens (tertiary/aromatic N) is 1. The summed E-state index contributed by atoms with van der Waals surface area (Å²) in [4.78, 5) is 22.6. The van der Waals surface area contributed by atoms with E-state index in [1.807, 2.05) is 6.07 Å².